The summed E-state index contributed by atoms with van der Waals surface area (Å²) in [6, 6.07) is 4.13. The maximum Gasteiger partial charge on any atom is 0.243 e. The van der Waals surface area contributed by atoms with E-state index < -0.39 is 5.82 Å². The normalized spacial score (nSPS) is 10.7. The van der Waals surface area contributed by atoms with E-state index in [9.17, 15) is 4.39 Å². The van der Waals surface area contributed by atoms with Gasteiger partial charge in [0.1, 0.15) is 11.6 Å². The first-order valence-electron chi connectivity index (χ1n) is 6.80. The molecule has 0 bridgehead atoms. The van der Waals surface area contributed by atoms with Gasteiger partial charge in [-0.05, 0) is 30.5 Å². The highest BCUT2D eigenvalue weighted by Crippen LogP contribution is 2.29. The molecule has 1 aromatic carbocycles. The van der Waals surface area contributed by atoms with Gasteiger partial charge >= 0.3 is 0 Å². The SMILES string of the molecule is CCc1nnc(Oc2ccc(F)c(Cl)c2)c(CN)c1CC. The third-order valence-electron chi connectivity index (χ3n) is 3.23. The zero-order valence-corrected chi connectivity index (χ0v) is 12.7. The predicted molar refractivity (Wildman–Crippen MR) is 80.2 cm³/mol. The van der Waals surface area contributed by atoms with Crippen LogP contribution in [0, 0.1) is 5.82 Å². The van der Waals surface area contributed by atoms with Crippen LogP contribution in [0.25, 0.3) is 0 Å². The van der Waals surface area contributed by atoms with Gasteiger partial charge in [-0.2, -0.15) is 5.10 Å². The Morgan fingerprint density at radius 3 is 2.52 bits per heavy atom. The molecule has 0 atom stereocenters. The van der Waals surface area contributed by atoms with Crippen molar-refractivity contribution in [3.05, 3.63) is 45.9 Å². The second-order valence-electron chi connectivity index (χ2n) is 4.50. The van der Waals surface area contributed by atoms with Crippen LogP contribution in [-0.4, -0.2) is 10.2 Å². The van der Waals surface area contributed by atoms with Crippen molar-refractivity contribution >= 4 is 11.6 Å². The average Bonchev–Trinajstić information content (AvgIpc) is 2.50. The predicted octanol–water partition coefficient (Wildman–Crippen LogP) is 3.64. The fraction of sp³-hybridized carbons (Fsp3) is 0.333. The molecule has 21 heavy (non-hydrogen) atoms. The van der Waals surface area contributed by atoms with E-state index in [-0.39, 0.29) is 5.02 Å². The lowest BCUT2D eigenvalue weighted by atomic mass is 10.0. The Bertz CT molecular complexity index is 649. The van der Waals surface area contributed by atoms with Crippen molar-refractivity contribution in [2.45, 2.75) is 33.2 Å². The van der Waals surface area contributed by atoms with Gasteiger partial charge < -0.3 is 10.5 Å². The van der Waals surface area contributed by atoms with Crippen molar-refractivity contribution in [3.8, 4) is 11.6 Å². The average molecular weight is 310 g/mol. The number of ether oxygens (including phenoxy) is 1. The summed E-state index contributed by atoms with van der Waals surface area (Å²) in [7, 11) is 0. The van der Waals surface area contributed by atoms with Gasteiger partial charge in [0.15, 0.2) is 0 Å². The Morgan fingerprint density at radius 1 is 1.19 bits per heavy atom. The lowest BCUT2D eigenvalue weighted by Gasteiger charge is -2.14. The van der Waals surface area contributed by atoms with Crippen LogP contribution in [-0.2, 0) is 19.4 Å². The molecule has 0 saturated carbocycles. The Morgan fingerprint density at radius 2 is 1.95 bits per heavy atom. The van der Waals surface area contributed by atoms with E-state index in [1.165, 1.54) is 18.2 Å². The fourth-order valence-corrected chi connectivity index (χ4v) is 2.35. The van der Waals surface area contributed by atoms with E-state index in [1.807, 2.05) is 13.8 Å². The summed E-state index contributed by atoms with van der Waals surface area (Å²) in [5.41, 5.74) is 8.62. The third-order valence-corrected chi connectivity index (χ3v) is 3.52. The number of hydrogen-bond donors (Lipinski definition) is 1. The second kappa shape index (κ2) is 6.83. The van der Waals surface area contributed by atoms with Crippen LogP contribution >= 0.6 is 11.6 Å². The number of benzene rings is 1. The summed E-state index contributed by atoms with van der Waals surface area (Å²) >= 11 is 5.74. The van der Waals surface area contributed by atoms with Gasteiger partial charge in [-0.3, -0.25) is 0 Å². The van der Waals surface area contributed by atoms with Gasteiger partial charge in [-0.15, -0.1) is 5.10 Å². The van der Waals surface area contributed by atoms with Crippen molar-refractivity contribution in [3.63, 3.8) is 0 Å². The molecule has 0 aliphatic heterocycles. The van der Waals surface area contributed by atoms with E-state index in [0.717, 1.165) is 29.7 Å². The first-order chi connectivity index (χ1) is 10.1. The van der Waals surface area contributed by atoms with E-state index in [2.05, 4.69) is 10.2 Å². The molecule has 6 heteroatoms. The minimum atomic E-state index is -0.496. The molecule has 4 nitrogen and oxygen atoms in total. The van der Waals surface area contributed by atoms with Gasteiger partial charge in [0, 0.05) is 18.2 Å². The molecule has 1 aromatic heterocycles. The molecule has 0 unspecified atom stereocenters. The summed E-state index contributed by atoms with van der Waals surface area (Å²) in [4.78, 5) is 0. The monoisotopic (exact) mass is 309 g/mol. The van der Waals surface area contributed by atoms with Crippen LogP contribution in [0.15, 0.2) is 18.2 Å². The zero-order valence-electron chi connectivity index (χ0n) is 12.0. The topological polar surface area (TPSA) is 61.0 Å². The van der Waals surface area contributed by atoms with Crippen LogP contribution in [0.1, 0.15) is 30.7 Å². The molecule has 1 heterocycles. The van der Waals surface area contributed by atoms with Crippen LogP contribution < -0.4 is 10.5 Å². The second-order valence-corrected chi connectivity index (χ2v) is 4.91. The number of hydrogen-bond acceptors (Lipinski definition) is 4. The Hall–Kier alpha value is -1.72. The minimum absolute atomic E-state index is 0.00403. The highest BCUT2D eigenvalue weighted by molar-refractivity contribution is 6.30. The molecular weight excluding hydrogens is 293 g/mol. The van der Waals surface area contributed by atoms with Crippen molar-refractivity contribution in [1.29, 1.82) is 0 Å². The van der Waals surface area contributed by atoms with Gasteiger partial charge in [0.2, 0.25) is 5.88 Å². The molecular formula is C15H17ClFN3O. The molecule has 0 aliphatic rings. The Labute approximate surface area is 128 Å². The number of rotatable bonds is 5. The van der Waals surface area contributed by atoms with Crippen molar-refractivity contribution in [2.75, 3.05) is 0 Å². The standard InChI is InChI=1S/C15H17ClFN3O/c1-3-10-11(8-18)15(20-19-14(10)4-2)21-9-5-6-13(17)12(16)7-9/h5-7H,3-4,8,18H2,1-2H3. The smallest absolute Gasteiger partial charge is 0.243 e. The maximum absolute atomic E-state index is 13.2. The number of aromatic nitrogens is 2. The van der Waals surface area contributed by atoms with Crippen LogP contribution in [0.4, 0.5) is 4.39 Å². The fourth-order valence-electron chi connectivity index (χ4n) is 2.18. The lowest BCUT2D eigenvalue weighted by molar-refractivity contribution is 0.444. The van der Waals surface area contributed by atoms with Crippen molar-refractivity contribution < 1.29 is 9.13 Å². The molecule has 0 fully saturated rings. The summed E-state index contributed by atoms with van der Waals surface area (Å²) in [6.45, 7) is 4.35. The van der Waals surface area contributed by atoms with Crippen LogP contribution in [0.5, 0.6) is 11.6 Å². The third kappa shape index (κ3) is 3.31. The minimum Gasteiger partial charge on any atom is -0.437 e. The maximum atomic E-state index is 13.2. The summed E-state index contributed by atoms with van der Waals surface area (Å²) < 4.78 is 18.8. The summed E-state index contributed by atoms with van der Waals surface area (Å²) in [5, 5.41) is 8.26. The first-order valence-corrected chi connectivity index (χ1v) is 7.18. The number of aryl methyl sites for hydroxylation is 1. The van der Waals surface area contributed by atoms with E-state index in [1.54, 1.807) is 0 Å². The van der Waals surface area contributed by atoms with Gasteiger partial charge in [-0.25, -0.2) is 4.39 Å². The quantitative estimate of drug-likeness (QED) is 0.916. The molecule has 0 spiro atoms. The largest absolute Gasteiger partial charge is 0.437 e. The van der Waals surface area contributed by atoms with Gasteiger partial charge in [0.05, 0.1) is 10.7 Å². The van der Waals surface area contributed by atoms with Crippen molar-refractivity contribution in [1.82, 2.24) is 10.2 Å². The molecule has 0 amide bonds. The molecule has 0 radical (unpaired) electrons. The Balaban J connectivity index is 2.41. The number of nitrogens with zero attached hydrogens (tertiary/aromatic N) is 2. The highest BCUT2D eigenvalue weighted by atomic mass is 35.5. The highest BCUT2D eigenvalue weighted by Gasteiger charge is 2.15. The van der Waals surface area contributed by atoms with E-state index in [4.69, 9.17) is 22.1 Å². The van der Waals surface area contributed by atoms with Gasteiger partial charge in [0.25, 0.3) is 0 Å². The number of nitrogens with two attached hydrogens (primary N) is 1. The molecule has 112 valence electrons. The zero-order chi connectivity index (χ0) is 15.4. The lowest BCUT2D eigenvalue weighted by Crippen LogP contribution is -2.10. The molecule has 2 N–H and O–H groups in total. The Kier molecular flexibility index (Phi) is 5.09. The summed E-state index contributed by atoms with van der Waals surface area (Å²) in [6.07, 6.45) is 1.58. The van der Waals surface area contributed by atoms with Crippen molar-refractivity contribution in [2.24, 2.45) is 5.73 Å². The molecule has 0 aliphatic carbocycles. The number of halogens is 2. The van der Waals surface area contributed by atoms with Crippen LogP contribution in [0.2, 0.25) is 5.02 Å². The van der Waals surface area contributed by atoms with E-state index >= 15 is 0 Å². The molecule has 2 aromatic rings. The van der Waals surface area contributed by atoms with Crippen LogP contribution in [0.3, 0.4) is 0 Å². The molecule has 2 rings (SSSR count). The summed E-state index contributed by atoms with van der Waals surface area (Å²) in [5.74, 6) is 0.246. The first kappa shape index (κ1) is 15.7. The van der Waals surface area contributed by atoms with E-state index in [0.29, 0.717) is 18.2 Å². The molecule has 0 saturated heterocycles. The van der Waals surface area contributed by atoms with Gasteiger partial charge in [-0.1, -0.05) is 25.4 Å².